The van der Waals surface area contributed by atoms with Gasteiger partial charge >= 0.3 is 0 Å². The molecule has 0 radical (unpaired) electrons. The number of furan rings is 1. The molecule has 2 aromatic rings. The SMILES string of the molecule is O=C(NCC1=CCNCC1)c1occc1CS(=O)(=O)c1ccccc1. The van der Waals surface area contributed by atoms with Gasteiger partial charge in [0, 0.05) is 18.7 Å². The lowest BCUT2D eigenvalue weighted by Gasteiger charge is -2.14. The van der Waals surface area contributed by atoms with Gasteiger partial charge in [-0.3, -0.25) is 4.79 Å². The molecule has 3 rings (SSSR count). The Morgan fingerprint density at radius 2 is 2.00 bits per heavy atom. The fourth-order valence-corrected chi connectivity index (χ4v) is 4.04. The molecule has 0 saturated carbocycles. The average Bonchev–Trinajstić information content (AvgIpc) is 3.09. The summed E-state index contributed by atoms with van der Waals surface area (Å²) >= 11 is 0. The Hall–Kier alpha value is -2.38. The van der Waals surface area contributed by atoms with Gasteiger partial charge in [-0.2, -0.15) is 0 Å². The molecule has 6 nitrogen and oxygen atoms in total. The fraction of sp³-hybridized carbons (Fsp3) is 0.278. The van der Waals surface area contributed by atoms with Crippen LogP contribution in [0.4, 0.5) is 0 Å². The highest BCUT2D eigenvalue weighted by Crippen LogP contribution is 2.20. The Labute approximate surface area is 146 Å². The van der Waals surface area contributed by atoms with Crippen molar-refractivity contribution in [3.05, 3.63) is 65.6 Å². The zero-order valence-corrected chi connectivity index (χ0v) is 14.5. The van der Waals surface area contributed by atoms with Gasteiger partial charge in [-0.25, -0.2) is 8.42 Å². The minimum atomic E-state index is -3.53. The maximum Gasteiger partial charge on any atom is 0.287 e. The summed E-state index contributed by atoms with van der Waals surface area (Å²) in [5.41, 5.74) is 1.51. The molecule has 25 heavy (non-hydrogen) atoms. The van der Waals surface area contributed by atoms with Crippen molar-refractivity contribution in [3.63, 3.8) is 0 Å². The second-order valence-corrected chi connectivity index (χ2v) is 7.84. The summed E-state index contributed by atoms with van der Waals surface area (Å²) in [6, 6.07) is 9.70. The van der Waals surface area contributed by atoms with Crippen molar-refractivity contribution in [3.8, 4) is 0 Å². The lowest BCUT2D eigenvalue weighted by Crippen LogP contribution is -2.30. The van der Waals surface area contributed by atoms with Crippen LogP contribution in [0.5, 0.6) is 0 Å². The van der Waals surface area contributed by atoms with Crippen molar-refractivity contribution in [1.29, 1.82) is 0 Å². The van der Waals surface area contributed by atoms with E-state index in [9.17, 15) is 13.2 Å². The molecule has 0 aliphatic carbocycles. The number of rotatable bonds is 6. The van der Waals surface area contributed by atoms with Gasteiger partial charge in [0.15, 0.2) is 15.6 Å². The first-order valence-electron chi connectivity index (χ1n) is 8.07. The van der Waals surface area contributed by atoms with E-state index in [1.165, 1.54) is 12.3 Å². The van der Waals surface area contributed by atoms with Crippen LogP contribution >= 0.6 is 0 Å². The van der Waals surface area contributed by atoms with Gasteiger partial charge in [0.2, 0.25) is 0 Å². The van der Waals surface area contributed by atoms with Crippen LogP contribution in [0.15, 0.2) is 63.6 Å². The number of hydrogen-bond donors (Lipinski definition) is 2. The summed E-state index contributed by atoms with van der Waals surface area (Å²) in [5, 5.41) is 6.00. The summed E-state index contributed by atoms with van der Waals surface area (Å²) in [5.74, 6) is -0.625. The van der Waals surface area contributed by atoms with Crippen LogP contribution in [0.1, 0.15) is 22.5 Å². The van der Waals surface area contributed by atoms with Crippen molar-refractivity contribution >= 4 is 15.7 Å². The smallest absolute Gasteiger partial charge is 0.287 e. The van der Waals surface area contributed by atoms with E-state index in [2.05, 4.69) is 10.6 Å². The second-order valence-electron chi connectivity index (χ2n) is 5.85. The van der Waals surface area contributed by atoms with Crippen LogP contribution in [0.2, 0.25) is 0 Å². The summed E-state index contributed by atoms with van der Waals surface area (Å²) in [6.07, 6.45) is 4.27. The normalized spacial score (nSPS) is 14.8. The predicted molar refractivity (Wildman–Crippen MR) is 93.9 cm³/mol. The first-order valence-corrected chi connectivity index (χ1v) is 9.72. The maximum atomic E-state index is 12.5. The molecule has 0 bridgehead atoms. The summed E-state index contributed by atoms with van der Waals surface area (Å²) in [6.45, 7) is 2.13. The second kappa shape index (κ2) is 7.67. The number of hydrogen-bond acceptors (Lipinski definition) is 5. The number of amides is 1. The predicted octanol–water partition coefficient (Wildman–Crippen LogP) is 1.90. The van der Waals surface area contributed by atoms with E-state index < -0.39 is 15.7 Å². The van der Waals surface area contributed by atoms with E-state index in [4.69, 9.17) is 4.42 Å². The van der Waals surface area contributed by atoms with E-state index in [-0.39, 0.29) is 16.4 Å². The molecular formula is C18H20N2O4S. The molecule has 132 valence electrons. The van der Waals surface area contributed by atoms with Crippen LogP contribution in [-0.4, -0.2) is 34.0 Å². The number of carbonyl (C=O) groups is 1. The van der Waals surface area contributed by atoms with Crippen molar-refractivity contribution < 1.29 is 17.6 Å². The van der Waals surface area contributed by atoms with E-state index >= 15 is 0 Å². The van der Waals surface area contributed by atoms with Gasteiger partial charge in [0.05, 0.1) is 16.9 Å². The number of sulfone groups is 1. The first kappa shape index (κ1) is 17.4. The minimum Gasteiger partial charge on any atom is -0.459 e. The van der Waals surface area contributed by atoms with Crippen molar-refractivity contribution in [2.75, 3.05) is 19.6 Å². The lowest BCUT2D eigenvalue weighted by molar-refractivity contribution is 0.0928. The topological polar surface area (TPSA) is 88.4 Å². The highest BCUT2D eigenvalue weighted by molar-refractivity contribution is 7.90. The molecule has 0 saturated heterocycles. The zero-order valence-electron chi connectivity index (χ0n) is 13.7. The molecular weight excluding hydrogens is 340 g/mol. The standard InChI is InChI=1S/C18H20N2O4S/c21-18(20-12-14-6-9-19-10-7-14)17-15(8-11-24-17)13-25(22,23)16-4-2-1-3-5-16/h1-6,8,11,19H,7,9-10,12-13H2,(H,20,21). The molecule has 2 heterocycles. The molecule has 1 aliphatic heterocycles. The quantitative estimate of drug-likeness (QED) is 0.768. The summed E-state index contributed by atoms with van der Waals surface area (Å²) < 4.78 is 30.2. The van der Waals surface area contributed by atoms with Crippen molar-refractivity contribution in [2.45, 2.75) is 17.1 Å². The molecule has 2 N–H and O–H groups in total. The van der Waals surface area contributed by atoms with Crippen LogP contribution in [0.25, 0.3) is 0 Å². The van der Waals surface area contributed by atoms with Gasteiger partial charge in [-0.15, -0.1) is 0 Å². The van der Waals surface area contributed by atoms with Crippen LogP contribution in [0, 0.1) is 0 Å². The Kier molecular flexibility index (Phi) is 5.35. The van der Waals surface area contributed by atoms with Gasteiger partial charge in [-0.05, 0) is 31.2 Å². The highest BCUT2D eigenvalue weighted by atomic mass is 32.2. The van der Waals surface area contributed by atoms with E-state index in [1.807, 2.05) is 6.08 Å². The Morgan fingerprint density at radius 1 is 1.20 bits per heavy atom. The van der Waals surface area contributed by atoms with Crippen LogP contribution < -0.4 is 10.6 Å². The van der Waals surface area contributed by atoms with E-state index in [0.717, 1.165) is 25.1 Å². The van der Waals surface area contributed by atoms with Crippen molar-refractivity contribution in [1.82, 2.24) is 10.6 Å². The molecule has 0 spiro atoms. The summed E-state index contributed by atoms with van der Waals surface area (Å²) in [7, 11) is -3.53. The number of carbonyl (C=O) groups excluding carboxylic acids is 1. The molecule has 7 heteroatoms. The van der Waals surface area contributed by atoms with Gasteiger partial charge in [0.25, 0.3) is 5.91 Å². The molecule has 1 aliphatic rings. The fourth-order valence-electron chi connectivity index (χ4n) is 2.67. The minimum absolute atomic E-state index is 0.0500. The Balaban J connectivity index is 1.70. The molecule has 0 atom stereocenters. The third-order valence-corrected chi connectivity index (χ3v) is 5.72. The first-order chi connectivity index (χ1) is 12.1. The zero-order chi connectivity index (χ0) is 17.7. The van der Waals surface area contributed by atoms with E-state index in [0.29, 0.717) is 12.1 Å². The molecule has 1 aromatic heterocycles. The van der Waals surface area contributed by atoms with Gasteiger partial charge < -0.3 is 15.1 Å². The van der Waals surface area contributed by atoms with Gasteiger partial charge in [-0.1, -0.05) is 29.8 Å². The average molecular weight is 360 g/mol. The molecule has 0 fully saturated rings. The maximum absolute atomic E-state index is 12.5. The molecule has 0 unspecified atom stereocenters. The van der Waals surface area contributed by atoms with Crippen molar-refractivity contribution in [2.24, 2.45) is 0 Å². The Morgan fingerprint density at radius 3 is 2.72 bits per heavy atom. The largest absolute Gasteiger partial charge is 0.459 e. The lowest BCUT2D eigenvalue weighted by atomic mass is 10.1. The third kappa shape index (κ3) is 4.37. The van der Waals surface area contributed by atoms with E-state index in [1.54, 1.807) is 30.3 Å². The number of nitrogens with one attached hydrogen (secondary N) is 2. The monoisotopic (exact) mass is 360 g/mol. The van der Waals surface area contributed by atoms with Crippen LogP contribution in [-0.2, 0) is 15.6 Å². The Bertz CT molecular complexity index is 869. The highest BCUT2D eigenvalue weighted by Gasteiger charge is 2.22. The summed E-state index contributed by atoms with van der Waals surface area (Å²) in [4.78, 5) is 12.6. The molecule has 1 amide bonds. The number of benzene rings is 1. The van der Waals surface area contributed by atoms with Crippen LogP contribution in [0.3, 0.4) is 0 Å². The third-order valence-electron chi connectivity index (χ3n) is 4.03. The molecule has 1 aromatic carbocycles. The van der Waals surface area contributed by atoms with Gasteiger partial charge in [0.1, 0.15) is 0 Å².